The third-order valence-electron chi connectivity index (χ3n) is 3.10. The summed E-state index contributed by atoms with van der Waals surface area (Å²) < 4.78 is 0. The molecule has 2 rings (SSSR count). The second-order valence-corrected chi connectivity index (χ2v) is 4.35. The van der Waals surface area contributed by atoms with Gasteiger partial charge in [0.15, 0.2) is 0 Å². The van der Waals surface area contributed by atoms with Gasteiger partial charge in [-0.25, -0.2) is 4.98 Å². The van der Waals surface area contributed by atoms with Crippen LogP contribution < -0.4 is 5.56 Å². The minimum absolute atomic E-state index is 0.0120. The number of H-pyrrole nitrogens is 1. The average Bonchev–Trinajstić information content (AvgIpc) is 2.11. The molecule has 3 heteroatoms. The summed E-state index contributed by atoms with van der Waals surface area (Å²) in [6.45, 7) is 2.15. The van der Waals surface area contributed by atoms with E-state index in [-0.39, 0.29) is 5.56 Å². The molecule has 0 aromatic carbocycles. The Hall–Kier alpha value is -1.12. The lowest BCUT2D eigenvalue weighted by atomic mass is 9.83. The number of nitrogens with zero attached hydrogens (tertiary/aromatic N) is 1. The third-order valence-corrected chi connectivity index (χ3v) is 3.10. The number of aromatic nitrogens is 2. The molecule has 15 heavy (non-hydrogen) atoms. The molecule has 3 nitrogen and oxygen atoms in total. The molecule has 0 aliphatic heterocycles. The molecule has 0 atom stereocenters. The van der Waals surface area contributed by atoms with Crippen LogP contribution in [0.5, 0.6) is 0 Å². The molecule has 1 N–H and O–H groups in total. The Morgan fingerprint density at radius 1 is 1.53 bits per heavy atom. The molecule has 1 fully saturated rings. The van der Waals surface area contributed by atoms with Crippen molar-refractivity contribution in [3.8, 4) is 0 Å². The first-order chi connectivity index (χ1) is 7.29. The molecule has 0 amide bonds. The maximum Gasteiger partial charge on any atom is 0.251 e. The minimum atomic E-state index is 0.0120. The second kappa shape index (κ2) is 4.60. The Morgan fingerprint density at radius 2 is 2.33 bits per heavy atom. The summed E-state index contributed by atoms with van der Waals surface area (Å²) in [4.78, 5) is 18.8. The first kappa shape index (κ1) is 10.4. The Balaban J connectivity index is 2.16. The molecule has 0 radical (unpaired) electrons. The van der Waals surface area contributed by atoms with Gasteiger partial charge >= 0.3 is 0 Å². The van der Waals surface area contributed by atoms with Gasteiger partial charge in [-0.3, -0.25) is 4.79 Å². The van der Waals surface area contributed by atoms with Gasteiger partial charge in [0.25, 0.3) is 5.56 Å². The van der Waals surface area contributed by atoms with E-state index in [0.717, 1.165) is 30.8 Å². The van der Waals surface area contributed by atoms with Gasteiger partial charge in [-0.1, -0.05) is 19.8 Å². The van der Waals surface area contributed by atoms with Gasteiger partial charge in [-0.15, -0.1) is 0 Å². The molecule has 1 heterocycles. The number of nitrogens with one attached hydrogen (secondary N) is 1. The van der Waals surface area contributed by atoms with E-state index in [4.69, 9.17) is 0 Å². The number of aromatic amines is 1. The summed E-state index contributed by atoms with van der Waals surface area (Å²) in [5.74, 6) is 1.42. The van der Waals surface area contributed by atoms with Crippen molar-refractivity contribution < 1.29 is 0 Å². The highest BCUT2D eigenvalue weighted by atomic mass is 16.1. The summed E-state index contributed by atoms with van der Waals surface area (Å²) in [5, 5.41) is 0. The Morgan fingerprint density at radius 3 is 2.93 bits per heavy atom. The Bertz CT molecular complexity index is 379. The van der Waals surface area contributed by atoms with Crippen LogP contribution in [-0.4, -0.2) is 9.97 Å². The topological polar surface area (TPSA) is 45.8 Å². The van der Waals surface area contributed by atoms with Crippen LogP contribution in [0.3, 0.4) is 0 Å². The molecule has 1 aliphatic rings. The lowest BCUT2D eigenvalue weighted by Gasteiger charge is -2.24. The van der Waals surface area contributed by atoms with E-state index in [2.05, 4.69) is 16.9 Å². The van der Waals surface area contributed by atoms with Gasteiger partial charge in [-0.05, 0) is 19.3 Å². The van der Waals surface area contributed by atoms with Crippen molar-refractivity contribution in [3.63, 3.8) is 0 Å². The fourth-order valence-electron chi connectivity index (χ4n) is 1.90. The van der Waals surface area contributed by atoms with Gasteiger partial charge in [0.2, 0.25) is 0 Å². The summed E-state index contributed by atoms with van der Waals surface area (Å²) in [6, 6.07) is 1.67. The van der Waals surface area contributed by atoms with Crippen LogP contribution in [0.4, 0.5) is 0 Å². The zero-order valence-corrected chi connectivity index (χ0v) is 9.25. The van der Waals surface area contributed by atoms with E-state index in [9.17, 15) is 4.79 Å². The molecule has 0 bridgehead atoms. The van der Waals surface area contributed by atoms with Gasteiger partial charge in [-0.2, -0.15) is 0 Å². The van der Waals surface area contributed by atoms with E-state index in [1.807, 2.05) is 0 Å². The first-order valence-electron chi connectivity index (χ1n) is 5.89. The van der Waals surface area contributed by atoms with Crippen molar-refractivity contribution >= 4 is 0 Å². The number of hydrogen-bond acceptors (Lipinski definition) is 2. The molecule has 0 spiro atoms. The van der Waals surface area contributed by atoms with Crippen LogP contribution >= 0.6 is 0 Å². The van der Waals surface area contributed by atoms with Crippen LogP contribution in [0.1, 0.15) is 56.5 Å². The predicted octanol–water partition coefficient (Wildman–Crippen LogP) is 2.38. The minimum Gasteiger partial charge on any atom is -0.311 e. The monoisotopic (exact) mass is 206 g/mol. The molecular weight excluding hydrogens is 188 g/mol. The molecule has 0 saturated heterocycles. The average molecular weight is 206 g/mol. The van der Waals surface area contributed by atoms with E-state index >= 15 is 0 Å². The van der Waals surface area contributed by atoms with Gasteiger partial charge in [0.1, 0.15) is 5.82 Å². The van der Waals surface area contributed by atoms with Gasteiger partial charge < -0.3 is 4.98 Å². The van der Waals surface area contributed by atoms with Crippen LogP contribution in [-0.2, 0) is 6.42 Å². The number of aryl methyl sites for hydroxylation is 1. The number of hydrogen-bond donors (Lipinski definition) is 1. The summed E-state index contributed by atoms with van der Waals surface area (Å²) in [7, 11) is 0. The molecular formula is C12H18N2O. The fourth-order valence-corrected chi connectivity index (χ4v) is 1.90. The number of rotatable bonds is 4. The summed E-state index contributed by atoms with van der Waals surface area (Å²) in [5.41, 5.74) is 1.02. The van der Waals surface area contributed by atoms with Gasteiger partial charge in [0.05, 0.1) is 5.69 Å². The maximum absolute atomic E-state index is 11.4. The molecule has 1 aromatic heterocycles. The van der Waals surface area contributed by atoms with Crippen molar-refractivity contribution in [2.24, 2.45) is 0 Å². The van der Waals surface area contributed by atoms with Crippen molar-refractivity contribution in [2.45, 2.75) is 51.4 Å². The van der Waals surface area contributed by atoms with Crippen LogP contribution in [0.15, 0.2) is 10.9 Å². The van der Waals surface area contributed by atoms with Crippen molar-refractivity contribution in [1.82, 2.24) is 9.97 Å². The number of unbranched alkanes of at least 4 members (excludes halogenated alkanes) is 1. The highest BCUT2D eigenvalue weighted by molar-refractivity contribution is 5.11. The largest absolute Gasteiger partial charge is 0.311 e. The summed E-state index contributed by atoms with van der Waals surface area (Å²) >= 11 is 0. The standard InChI is InChI=1S/C12H18N2O/c1-2-3-7-11-13-10(8-12(15)14-11)9-5-4-6-9/h8-9H,2-7H2,1H3,(H,13,14,15). The first-order valence-corrected chi connectivity index (χ1v) is 5.89. The summed E-state index contributed by atoms with van der Waals surface area (Å²) in [6.07, 6.45) is 6.80. The molecule has 0 unspecified atom stereocenters. The lowest BCUT2D eigenvalue weighted by molar-refractivity contribution is 0.409. The van der Waals surface area contributed by atoms with E-state index in [1.54, 1.807) is 6.07 Å². The molecule has 1 aromatic rings. The maximum atomic E-state index is 11.4. The molecule has 1 saturated carbocycles. The highest BCUT2D eigenvalue weighted by Gasteiger charge is 2.21. The zero-order chi connectivity index (χ0) is 10.7. The predicted molar refractivity (Wildman–Crippen MR) is 60.1 cm³/mol. The van der Waals surface area contributed by atoms with E-state index in [0.29, 0.717) is 5.92 Å². The third kappa shape index (κ3) is 2.46. The normalized spacial score (nSPS) is 16.3. The highest BCUT2D eigenvalue weighted by Crippen LogP contribution is 2.34. The van der Waals surface area contributed by atoms with E-state index < -0.39 is 0 Å². The van der Waals surface area contributed by atoms with Crippen molar-refractivity contribution in [2.75, 3.05) is 0 Å². The second-order valence-electron chi connectivity index (χ2n) is 4.35. The van der Waals surface area contributed by atoms with Crippen LogP contribution in [0.2, 0.25) is 0 Å². The van der Waals surface area contributed by atoms with Gasteiger partial charge in [0, 0.05) is 18.4 Å². The smallest absolute Gasteiger partial charge is 0.251 e. The van der Waals surface area contributed by atoms with E-state index in [1.165, 1.54) is 19.3 Å². The molecule has 1 aliphatic carbocycles. The lowest BCUT2D eigenvalue weighted by Crippen LogP contribution is -2.18. The quantitative estimate of drug-likeness (QED) is 0.822. The Labute approximate surface area is 89.9 Å². The van der Waals surface area contributed by atoms with Crippen molar-refractivity contribution in [1.29, 1.82) is 0 Å². The van der Waals surface area contributed by atoms with Crippen LogP contribution in [0.25, 0.3) is 0 Å². The molecule has 82 valence electrons. The van der Waals surface area contributed by atoms with Crippen molar-refractivity contribution in [3.05, 3.63) is 27.9 Å². The zero-order valence-electron chi connectivity index (χ0n) is 9.25. The Kier molecular flexibility index (Phi) is 3.19. The fraction of sp³-hybridized carbons (Fsp3) is 0.667. The SMILES string of the molecule is CCCCc1nc(C2CCC2)cc(=O)[nH]1. The van der Waals surface area contributed by atoms with Crippen LogP contribution in [0, 0.1) is 0 Å².